The van der Waals surface area contributed by atoms with Crippen molar-refractivity contribution in [3.05, 3.63) is 63.4 Å². The van der Waals surface area contributed by atoms with E-state index < -0.39 is 61.3 Å². The van der Waals surface area contributed by atoms with E-state index in [1.807, 2.05) is 24.8 Å². The van der Waals surface area contributed by atoms with E-state index in [2.05, 4.69) is 5.09 Å². The van der Waals surface area contributed by atoms with Gasteiger partial charge in [-0.1, -0.05) is 32.0 Å². The molecule has 0 fully saturated rings. The van der Waals surface area contributed by atoms with Gasteiger partial charge in [-0.05, 0) is 44.2 Å². The Balaban J connectivity index is 2.47. The minimum atomic E-state index is -4.52. The predicted octanol–water partition coefficient (Wildman–Crippen LogP) is 0.637. The minimum Gasteiger partial charge on any atom is -0.462 e. The Bertz CT molecular complexity index is 1370. The van der Waals surface area contributed by atoms with Gasteiger partial charge in [0.05, 0.1) is 6.10 Å². The van der Waals surface area contributed by atoms with E-state index in [1.165, 1.54) is 12.1 Å². The van der Waals surface area contributed by atoms with Gasteiger partial charge in [0.25, 0.3) is 5.56 Å². The van der Waals surface area contributed by atoms with Crippen LogP contribution in [-0.2, 0) is 29.1 Å². The maximum absolute atomic E-state index is 14.1. The maximum atomic E-state index is 14.1. The lowest BCUT2D eigenvalue weighted by Gasteiger charge is -2.40. The molecule has 0 bridgehead atoms. The van der Waals surface area contributed by atoms with Crippen LogP contribution in [0.4, 0.5) is 0 Å². The summed E-state index contributed by atoms with van der Waals surface area (Å²) in [5.41, 5.74) is -1.02. The summed E-state index contributed by atoms with van der Waals surface area (Å²) in [6.45, 7) is 6.05. The topological polar surface area (TPSA) is 204 Å². The van der Waals surface area contributed by atoms with Crippen LogP contribution < -0.4 is 26.6 Å². The van der Waals surface area contributed by atoms with E-state index in [9.17, 15) is 29.2 Å². The molecule has 1 aromatic heterocycles. The number of carbonyl (C=O) groups excluding carboxylic acids is 1. The summed E-state index contributed by atoms with van der Waals surface area (Å²) < 4.78 is 36.3. The Kier molecular flexibility index (Phi) is 11.6. The van der Waals surface area contributed by atoms with Gasteiger partial charge in [0.2, 0.25) is 5.72 Å². The van der Waals surface area contributed by atoms with Crippen LogP contribution in [0.5, 0.6) is 5.75 Å². The van der Waals surface area contributed by atoms with E-state index in [1.54, 1.807) is 32.0 Å². The Morgan fingerprint density at radius 1 is 1.22 bits per heavy atom. The number of nitrogens with two attached hydrogens (primary N) is 1. The highest BCUT2D eigenvalue weighted by molar-refractivity contribution is 7.52. The monoisotopic (exact) mass is 596 g/mol. The Morgan fingerprint density at radius 2 is 1.85 bits per heavy atom. The van der Waals surface area contributed by atoms with Crippen LogP contribution in [0.15, 0.2) is 52.2 Å². The average Bonchev–Trinajstić information content (AvgIpc) is 2.90. The number of carbonyl (C=O) groups is 1. The number of H-pyrrole nitrogens is 1. The van der Waals surface area contributed by atoms with Crippen molar-refractivity contribution in [3.63, 3.8) is 0 Å². The van der Waals surface area contributed by atoms with Crippen LogP contribution in [0.25, 0.3) is 0 Å². The molecule has 14 nitrogen and oxygen atoms in total. The van der Waals surface area contributed by atoms with Crippen molar-refractivity contribution in [2.24, 2.45) is 11.7 Å². The lowest BCUT2D eigenvalue weighted by molar-refractivity contribution is -0.203. The molecule has 5 atom stereocenters. The van der Waals surface area contributed by atoms with Crippen molar-refractivity contribution in [2.45, 2.75) is 63.8 Å². The van der Waals surface area contributed by atoms with Gasteiger partial charge in [-0.25, -0.2) is 9.36 Å². The number of benzene rings is 1. The number of aromatic nitrogens is 2. The van der Waals surface area contributed by atoms with Crippen LogP contribution in [0.2, 0.25) is 0 Å². The largest absolute Gasteiger partial charge is 0.462 e. The molecule has 1 aromatic carbocycles. The van der Waals surface area contributed by atoms with Crippen LogP contribution in [-0.4, -0.2) is 63.4 Å². The average molecular weight is 597 g/mol. The van der Waals surface area contributed by atoms with Crippen molar-refractivity contribution < 1.29 is 38.1 Å². The summed E-state index contributed by atoms with van der Waals surface area (Å²) in [7, 11) is -3.48. The summed E-state index contributed by atoms with van der Waals surface area (Å²) in [5.74, 6) is 1.22. The number of aromatic amines is 1. The molecule has 1 heterocycles. The Labute approximate surface area is 237 Å². The molecule has 0 amide bonds. The molecule has 1 unspecified atom stereocenters. The second-order valence-corrected chi connectivity index (χ2v) is 11.6. The summed E-state index contributed by atoms with van der Waals surface area (Å²) in [6, 6.07) is 7.63. The van der Waals surface area contributed by atoms with Gasteiger partial charge in [-0.2, -0.15) is 5.09 Å². The second kappa shape index (κ2) is 14.1. The zero-order valence-electron chi connectivity index (χ0n) is 23.5. The maximum Gasteiger partial charge on any atom is 0.459 e. The Hall–Kier alpha value is -3.28. The van der Waals surface area contributed by atoms with Crippen LogP contribution >= 0.6 is 7.75 Å². The van der Waals surface area contributed by atoms with Gasteiger partial charge >= 0.3 is 19.4 Å². The number of ether oxygens (including phenoxy) is 2. The lowest BCUT2D eigenvalue weighted by atomic mass is 9.97. The van der Waals surface area contributed by atoms with Crippen molar-refractivity contribution in [1.29, 1.82) is 0 Å². The van der Waals surface area contributed by atoms with E-state index in [0.717, 1.165) is 19.4 Å². The third-order valence-electron chi connectivity index (χ3n) is 5.71. The summed E-state index contributed by atoms with van der Waals surface area (Å²) >= 11 is 0. The first-order valence-electron chi connectivity index (χ1n) is 12.6. The quantitative estimate of drug-likeness (QED) is 0.0832. The molecular weight excluding hydrogens is 559 g/mol. The molecule has 0 aliphatic carbocycles. The predicted molar refractivity (Wildman–Crippen MR) is 149 cm³/mol. The van der Waals surface area contributed by atoms with Gasteiger partial charge in [-0.3, -0.25) is 29.4 Å². The molecule has 0 saturated heterocycles. The first-order chi connectivity index (χ1) is 19.1. The third-order valence-corrected chi connectivity index (χ3v) is 7.26. The molecule has 0 aliphatic rings. The minimum absolute atomic E-state index is 0.0481. The van der Waals surface area contributed by atoms with Crippen molar-refractivity contribution in [2.75, 3.05) is 13.7 Å². The molecule has 0 spiro atoms. The number of aliphatic hydroxyl groups excluding tert-OH is 1. The molecule has 2 rings (SSSR count). The zero-order valence-corrected chi connectivity index (χ0v) is 24.4. The van der Waals surface area contributed by atoms with Gasteiger partial charge in [-0.15, -0.1) is 6.42 Å². The van der Waals surface area contributed by atoms with Gasteiger partial charge in [0.1, 0.15) is 18.4 Å². The molecule has 0 saturated carbocycles. The van der Waals surface area contributed by atoms with E-state index in [4.69, 9.17) is 30.7 Å². The highest BCUT2D eigenvalue weighted by Crippen LogP contribution is 2.46. The number of esters is 1. The first kappa shape index (κ1) is 33.9. The second-order valence-electron chi connectivity index (χ2n) is 9.88. The van der Waals surface area contributed by atoms with Crippen LogP contribution in [0, 0.1) is 18.3 Å². The SMILES string of the molecule is C#C[C@@](O)([C@H](O)[C@@](N)(COP(=O)(N[C@@H](CC(C)C)C(=O)OC(C)C)Oc1ccccc1)OC)n1ccc(=O)[nH]c1=O. The van der Waals surface area contributed by atoms with E-state index >= 15 is 0 Å². The van der Waals surface area contributed by atoms with Crippen LogP contribution in [0.1, 0.15) is 34.1 Å². The van der Waals surface area contributed by atoms with Crippen molar-refractivity contribution in [3.8, 4) is 18.1 Å². The van der Waals surface area contributed by atoms with Gasteiger partial charge in [0.15, 0.2) is 11.8 Å². The number of nitrogens with zero attached hydrogens (tertiary/aromatic N) is 1. The molecule has 6 N–H and O–H groups in total. The fraction of sp³-hybridized carbons (Fsp3) is 0.500. The smallest absolute Gasteiger partial charge is 0.459 e. The van der Waals surface area contributed by atoms with Gasteiger partial charge < -0.3 is 24.2 Å². The third kappa shape index (κ3) is 8.85. The highest BCUT2D eigenvalue weighted by atomic mass is 31.2. The number of aliphatic hydroxyl groups is 2. The molecule has 41 heavy (non-hydrogen) atoms. The number of nitrogens with one attached hydrogen (secondary N) is 2. The zero-order chi connectivity index (χ0) is 31.0. The number of hydrogen-bond donors (Lipinski definition) is 5. The molecule has 15 heteroatoms. The number of para-hydroxylation sites is 1. The number of methoxy groups -OCH3 is 1. The summed E-state index contributed by atoms with van der Waals surface area (Å²) in [6.07, 6.45) is 3.72. The van der Waals surface area contributed by atoms with Crippen LogP contribution in [0.3, 0.4) is 0 Å². The molecule has 0 aliphatic heterocycles. The first-order valence-corrected chi connectivity index (χ1v) is 14.2. The summed E-state index contributed by atoms with van der Waals surface area (Å²) in [4.78, 5) is 38.6. The van der Waals surface area contributed by atoms with Crippen molar-refractivity contribution >= 4 is 13.7 Å². The highest BCUT2D eigenvalue weighted by Gasteiger charge is 2.51. The molecule has 2 aromatic rings. The molecule has 0 radical (unpaired) electrons. The fourth-order valence-corrected chi connectivity index (χ4v) is 5.17. The normalized spacial score (nSPS) is 17.5. The van der Waals surface area contributed by atoms with Crippen molar-refractivity contribution in [1.82, 2.24) is 14.6 Å². The number of rotatable bonds is 15. The van der Waals surface area contributed by atoms with E-state index in [0.29, 0.717) is 4.57 Å². The number of terminal acetylenes is 1. The van der Waals surface area contributed by atoms with E-state index in [-0.39, 0.29) is 18.1 Å². The van der Waals surface area contributed by atoms with Gasteiger partial charge in [0, 0.05) is 19.4 Å². The standard InChI is InChI=1S/C26H37N4O10P/c1-7-26(35,30-14-13-21(31)28-24(30)34)23(33)25(27,37-6)16-38-41(36,40-19-11-9-8-10-12-19)29-20(15-17(2)3)22(32)39-18(4)5/h1,8-14,17-18,20,23,33,35H,15-16,27H2,2-6H3,(H,29,36)(H,28,31,34)/t20-,23+,25+,26+,41?/m0/s1. The lowest BCUT2D eigenvalue weighted by Crippen LogP contribution is -2.66. The molecule has 226 valence electrons. The Morgan fingerprint density at radius 3 is 2.37 bits per heavy atom. The number of hydrogen-bond acceptors (Lipinski definition) is 11. The summed E-state index contributed by atoms with van der Waals surface area (Å²) in [5, 5.41) is 24.8. The molecular formula is C26H37N4O10P. The fourth-order valence-electron chi connectivity index (χ4n) is 3.63.